The van der Waals surface area contributed by atoms with Crippen LogP contribution < -0.4 is 5.32 Å². The molecule has 0 spiro atoms. The van der Waals surface area contributed by atoms with Gasteiger partial charge in [0.2, 0.25) is 0 Å². The molecule has 0 bridgehead atoms. The van der Waals surface area contributed by atoms with Crippen LogP contribution in [0.2, 0.25) is 0 Å². The highest BCUT2D eigenvalue weighted by molar-refractivity contribution is 5.89. The molecule has 0 fully saturated rings. The van der Waals surface area contributed by atoms with E-state index in [1.165, 1.54) is 40.6 Å². The van der Waals surface area contributed by atoms with E-state index in [0.29, 0.717) is 0 Å². The number of rotatable bonds is 1. The van der Waals surface area contributed by atoms with Crippen LogP contribution >= 0.6 is 0 Å². The van der Waals surface area contributed by atoms with Crippen molar-refractivity contribution >= 4 is 10.9 Å². The third kappa shape index (κ3) is 2.32. The first-order valence-corrected chi connectivity index (χ1v) is 7.51. The molecule has 0 amide bonds. The number of nitrogens with one attached hydrogen (secondary N) is 2. The Morgan fingerprint density at radius 1 is 1.00 bits per heavy atom. The normalized spacial score (nSPS) is 15.4. The number of H-pyrrole nitrogens is 1. The first-order chi connectivity index (χ1) is 10.4. The van der Waals surface area contributed by atoms with Crippen molar-refractivity contribution in [3.63, 3.8) is 0 Å². The smallest absolute Gasteiger partial charge is 0.115 e. The number of fused-ring (bicyclic) bond motifs is 3. The van der Waals surface area contributed by atoms with Crippen molar-refractivity contribution in [1.29, 1.82) is 0 Å². The highest BCUT2D eigenvalue weighted by atomic mass is 14.9. The molecule has 4 nitrogen and oxygen atoms in total. The van der Waals surface area contributed by atoms with Crippen molar-refractivity contribution in [2.45, 2.75) is 25.8 Å². The Morgan fingerprint density at radius 3 is 2.81 bits per heavy atom. The molecule has 4 heteroatoms. The van der Waals surface area contributed by atoms with Gasteiger partial charge in [-0.1, -0.05) is 6.07 Å². The third-order valence-electron chi connectivity index (χ3n) is 4.22. The van der Waals surface area contributed by atoms with Gasteiger partial charge in [-0.15, -0.1) is 0 Å². The zero-order valence-electron chi connectivity index (χ0n) is 11.9. The second-order valence-electron chi connectivity index (χ2n) is 5.60. The maximum atomic E-state index is 4.11. The number of nitrogens with zero attached hydrogens (tertiary/aromatic N) is 2. The van der Waals surface area contributed by atoms with Crippen LogP contribution in [-0.2, 0) is 13.0 Å². The van der Waals surface area contributed by atoms with E-state index in [9.17, 15) is 0 Å². The van der Waals surface area contributed by atoms with Crippen LogP contribution in [0, 0.1) is 0 Å². The van der Waals surface area contributed by atoms with Gasteiger partial charge < -0.3 is 10.3 Å². The van der Waals surface area contributed by atoms with Crippen LogP contribution in [0.1, 0.15) is 24.1 Å². The summed E-state index contributed by atoms with van der Waals surface area (Å²) >= 11 is 0. The molecule has 3 heterocycles. The van der Waals surface area contributed by atoms with E-state index in [1.54, 1.807) is 6.33 Å². The summed E-state index contributed by atoms with van der Waals surface area (Å²) in [5.74, 6) is 0. The maximum Gasteiger partial charge on any atom is 0.115 e. The van der Waals surface area contributed by atoms with Crippen molar-refractivity contribution in [3.8, 4) is 11.1 Å². The number of aryl methyl sites for hydroxylation is 1. The highest BCUT2D eigenvalue weighted by Gasteiger charge is 2.13. The van der Waals surface area contributed by atoms with Crippen molar-refractivity contribution in [2.75, 3.05) is 6.54 Å². The van der Waals surface area contributed by atoms with Crippen LogP contribution in [-0.4, -0.2) is 21.5 Å². The van der Waals surface area contributed by atoms with E-state index in [4.69, 9.17) is 0 Å². The van der Waals surface area contributed by atoms with Gasteiger partial charge >= 0.3 is 0 Å². The Labute approximate surface area is 123 Å². The van der Waals surface area contributed by atoms with Crippen LogP contribution in [0.15, 0.2) is 36.9 Å². The van der Waals surface area contributed by atoms with Gasteiger partial charge in [0.05, 0.1) is 0 Å². The fraction of sp³-hybridized carbons (Fsp3) is 0.294. The molecule has 0 saturated carbocycles. The summed E-state index contributed by atoms with van der Waals surface area (Å²) in [6.45, 7) is 2.06. The molecule has 1 aliphatic heterocycles. The summed E-state index contributed by atoms with van der Waals surface area (Å²) in [5, 5.41) is 4.86. The average Bonchev–Trinajstić information content (AvgIpc) is 2.84. The highest BCUT2D eigenvalue weighted by Crippen LogP contribution is 2.29. The molecule has 1 aromatic carbocycles. The van der Waals surface area contributed by atoms with Gasteiger partial charge in [0.1, 0.15) is 6.33 Å². The van der Waals surface area contributed by atoms with Gasteiger partial charge in [-0.2, -0.15) is 0 Å². The van der Waals surface area contributed by atoms with E-state index in [0.717, 1.165) is 25.1 Å². The molecule has 21 heavy (non-hydrogen) atoms. The van der Waals surface area contributed by atoms with E-state index < -0.39 is 0 Å². The fourth-order valence-corrected chi connectivity index (χ4v) is 3.11. The minimum atomic E-state index is 0.948. The molecule has 0 aliphatic carbocycles. The number of aromatic amines is 1. The molecule has 106 valence electrons. The van der Waals surface area contributed by atoms with Crippen molar-refractivity contribution in [3.05, 3.63) is 48.2 Å². The van der Waals surface area contributed by atoms with Crippen LogP contribution in [0.3, 0.4) is 0 Å². The average molecular weight is 278 g/mol. The van der Waals surface area contributed by atoms with E-state index >= 15 is 0 Å². The molecule has 1 aliphatic rings. The van der Waals surface area contributed by atoms with Crippen molar-refractivity contribution < 1.29 is 0 Å². The van der Waals surface area contributed by atoms with E-state index in [1.807, 2.05) is 12.4 Å². The molecule has 3 aromatic rings. The van der Waals surface area contributed by atoms with Gasteiger partial charge in [0.15, 0.2) is 0 Å². The predicted molar refractivity (Wildman–Crippen MR) is 84.0 cm³/mol. The monoisotopic (exact) mass is 278 g/mol. The second kappa shape index (κ2) is 5.30. The summed E-state index contributed by atoms with van der Waals surface area (Å²) in [6.07, 6.45) is 8.94. The van der Waals surface area contributed by atoms with Gasteiger partial charge in [0.25, 0.3) is 0 Å². The number of benzene rings is 1. The lowest BCUT2D eigenvalue weighted by atomic mass is 10.0. The van der Waals surface area contributed by atoms with Crippen LogP contribution in [0.4, 0.5) is 0 Å². The molecular formula is C17H18N4. The van der Waals surface area contributed by atoms with E-state index in [-0.39, 0.29) is 0 Å². The zero-order valence-corrected chi connectivity index (χ0v) is 11.9. The van der Waals surface area contributed by atoms with Gasteiger partial charge in [-0.25, -0.2) is 9.97 Å². The van der Waals surface area contributed by atoms with Gasteiger partial charge in [-0.3, -0.25) is 0 Å². The van der Waals surface area contributed by atoms with Crippen LogP contribution in [0.5, 0.6) is 0 Å². The molecule has 0 saturated heterocycles. The van der Waals surface area contributed by atoms with Crippen molar-refractivity contribution in [1.82, 2.24) is 20.3 Å². The third-order valence-corrected chi connectivity index (χ3v) is 4.22. The van der Waals surface area contributed by atoms with Crippen molar-refractivity contribution in [2.24, 2.45) is 0 Å². The predicted octanol–water partition coefficient (Wildman–Crippen LogP) is 3.05. The quantitative estimate of drug-likeness (QED) is 0.719. The Balaban J connectivity index is 1.85. The number of aromatic nitrogens is 3. The maximum absolute atomic E-state index is 4.11. The molecule has 0 unspecified atom stereocenters. The summed E-state index contributed by atoms with van der Waals surface area (Å²) in [5.41, 5.74) is 6.27. The summed E-state index contributed by atoms with van der Waals surface area (Å²) in [6, 6.07) is 6.56. The second-order valence-corrected chi connectivity index (χ2v) is 5.60. The standard InChI is InChI=1S/C17H18N4/c1-2-6-18-10-15-14-7-12(13-8-19-11-20-9-13)4-5-17(14)21-16(15)3-1/h4-5,7-9,11,18,21H,1-3,6,10H2. The van der Waals surface area contributed by atoms with Gasteiger partial charge in [-0.05, 0) is 49.1 Å². The Morgan fingerprint density at radius 2 is 1.90 bits per heavy atom. The van der Waals surface area contributed by atoms with E-state index in [2.05, 4.69) is 38.5 Å². The minimum absolute atomic E-state index is 0.948. The molecule has 0 radical (unpaired) electrons. The lowest BCUT2D eigenvalue weighted by Gasteiger charge is -2.11. The first kappa shape index (κ1) is 12.5. The summed E-state index contributed by atoms with van der Waals surface area (Å²) in [4.78, 5) is 11.8. The molecular weight excluding hydrogens is 260 g/mol. The number of hydrogen-bond donors (Lipinski definition) is 2. The lowest BCUT2D eigenvalue weighted by molar-refractivity contribution is 0.597. The Kier molecular flexibility index (Phi) is 3.16. The molecule has 2 N–H and O–H groups in total. The Hall–Kier alpha value is -2.20. The SMILES string of the molecule is c1ncc(-c2ccc3[nH]c4c(c3c2)CNCCCC4)cn1. The van der Waals surface area contributed by atoms with Crippen LogP contribution in [0.25, 0.3) is 22.0 Å². The molecule has 2 aromatic heterocycles. The zero-order chi connectivity index (χ0) is 14.1. The topological polar surface area (TPSA) is 53.6 Å². The molecule has 0 atom stereocenters. The molecule has 4 rings (SSSR count). The first-order valence-electron chi connectivity index (χ1n) is 7.51. The summed E-state index contributed by atoms with van der Waals surface area (Å²) in [7, 11) is 0. The lowest BCUT2D eigenvalue weighted by Crippen LogP contribution is -2.18. The summed E-state index contributed by atoms with van der Waals surface area (Å²) < 4.78 is 0. The number of hydrogen-bond acceptors (Lipinski definition) is 3. The largest absolute Gasteiger partial charge is 0.358 e. The Bertz CT molecular complexity index is 761. The minimum Gasteiger partial charge on any atom is -0.358 e. The van der Waals surface area contributed by atoms with Gasteiger partial charge in [0, 0.05) is 41.1 Å². The fourth-order valence-electron chi connectivity index (χ4n) is 3.11.